The Morgan fingerprint density at radius 2 is 1.66 bits per heavy atom. The molecule has 0 aromatic heterocycles. The largest absolute Gasteiger partial charge is 0.322 e. The van der Waals surface area contributed by atoms with Crippen LogP contribution in [0.2, 0.25) is 0 Å². The molecule has 3 N–H and O–H groups in total. The number of carbonyl (C=O) groups excluding carboxylic acids is 1. The summed E-state index contributed by atoms with van der Waals surface area (Å²) in [6.45, 7) is 13.6. The molecule has 3 rings (SSSR count). The van der Waals surface area contributed by atoms with Crippen LogP contribution in [-0.2, 0) is 4.79 Å². The quantitative estimate of drug-likeness (QED) is 0.683. The number of aryl methyl sites for hydroxylation is 3. The Kier molecular flexibility index (Phi) is 7.24. The molecule has 1 fully saturated rings. The van der Waals surface area contributed by atoms with Crippen molar-refractivity contribution in [1.29, 1.82) is 0 Å². The Morgan fingerprint density at radius 1 is 1.03 bits per heavy atom. The lowest BCUT2D eigenvalue weighted by Crippen LogP contribution is -3.29. The van der Waals surface area contributed by atoms with Gasteiger partial charge in [-0.2, -0.15) is 0 Å². The van der Waals surface area contributed by atoms with E-state index in [9.17, 15) is 4.79 Å². The lowest BCUT2D eigenvalue weighted by Gasteiger charge is -2.32. The van der Waals surface area contributed by atoms with E-state index in [0.29, 0.717) is 0 Å². The third-order valence-corrected chi connectivity index (χ3v) is 6.05. The Bertz CT molecular complexity index is 829. The second-order valence-electron chi connectivity index (χ2n) is 8.41. The van der Waals surface area contributed by atoms with Gasteiger partial charge in [0.25, 0.3) is 5.91 Å². The zero-order valence-electron chi connectivity index (χ0n) is 18.2. The van der Waals surface area contributed by atoms with E-state index in [-0.39, 0.29) is 11.9 Å². The summed E-state index contributed by atoms with van der Waals surface area (Å²) in [6.07, 6.45) is 4.48. The molecule has 0 bridgehead atoms. The van der Waals surface area contributed by atoms with Crippen molar-refractivity contribution in [3.8, 4) is 0 Å². The predicted molar refractivity (Wildman–Crippen MR) is 120 cm³/mol. The lowest BCUT2D eigenvalue weighted by molar-refractivity contribution is -1.02. The molecule has 0 saturated carbocycles. The van der Waals surface area contributed by atoms with Gasteiger partial charge >= 0.3 is 0 Å². The van der Waals surface area contributed by atoms with Crippen molar-refractivity contribution >= 4 is 17.7 Å². The van der Waals surface area contributed by atoms with E-state index in [1.165, 1.54) is 16.0 Å². The molecular formula is C25H35N3O+2. The maximum atomic E-state index is 12.9. The molecule has 1 aliphatic rings. The van der Waals surface area contributed by atoms with E-state index >= 15 is 0 Å². The molecule has 29 heavy (non-hydrogen) atoms. The maximum absolute atomic E-state index is 12.9. The van der Waals surface area contributed by atoms with Crippen molar-refractivity contribution in [3.63, 3.8) is 0 Å². The second-order valence-corrected chi connectivity index (χ2v) is 8.41. The number of nitrogens with one attached hydrogen (secondary N) is 3. The van der Waals surface area contributed by atoms with Crippen LogP contribution in [0.3, 0.4) is 0 Å². The van der Waals surface area contributed by atoms with E-state index in [1.807, 2.05) is 6.07 Å². The van der Waals surface area contributed by atoms with Gasteiger partial charge in [-0.05, 0) is 50.5 Å². The van der Waals surface area contributed by atoms with Crippen molar-refractivity contribution in [2.45, 2.75) is 33.7 Å². The molecule has 4 heteroatoms. The van der Waals surface area contributed by atoms with E-state index in [4.69, 9.17) is 0 Å². The summed E-state index contributed by atoms with van der Waals surface area (Å²) in [4.78, 5) is 15.8. The third kappa shape index (κ3) is 5.78. The molecule has 4 nitrogen and oxygen atoms in total. The van der Waals surface area contributed by atoms with Gasteiger partial charge in [0.15, 0.2) is 6.04 Å². The summed E-state index contributed by atoms with van der Waals surface area (Å²) in [5.74, 6) is 0.127. The summed E-state index contributed by atoms with van der Waals surface area (Å²) >= 11 is 0. The average molecular weight is 394 g/mol. The van der Waals surface area contributed by atoms with Gasteiger partial charge < -0.3 is 15.1 Å². The van der Waals surface area contributed by atoms with Crippen LogP contribution in [0.1, 0.15) is 29.2 Å². The number of carbonyl (C=O) groups is 1. The smallest absolute Gasteiger partial charge is 0.282 e. The first kappa shape index (κ1) is 21.3. The van der Waals surface area contributed by atoms with Gasteiger partial charge in [-0.3, -0.25) is 4.79 Å². The average Bonchev–Trinajstić information content (AvgIpc) is 2.71. The van der Waals surface area contributed by atoms with Gasteiger partial charge in [0.2, 0.25) is 0 Å². The van der Waals surface area contributed by atoms with Crippen LogP contribution in [-0.4, -0.2) is 44.7 Å². The SMILES string of the molecule is Cc1cc(C)c(NC(=O)[C@H](C)[NH+]2CC[NH+](C/C=C/c3ccccc3)CC2)c(C)c1. The Hall–Kier alpha value is -2.43. The van der Waals surface area contributed by atoms with E-state index in [2.05, 4.69) is 81.6 Å². The molecule has 1 aliphatic heterocycles. The zero-order valence-corrected chi connectivity index (χ0v) is 18.2. The fourth-order valence-corrected chi connectivity index (χ4v) is 4.28. The van der Waals surface area contributed by atoms with Gasteiger partial charge in [0.1, 0.15) is 26.2 Å². The Balaban J connectivity index is 1.49. The highest BCUT2D eigenvalue weighted by molar-refractivity contribution is 5.95. The van der Waals surface area contributed by atoms with Gasteiger partial charge in [0, 0.05) is 5.69 Å². The number of anilines is 1. The molecule has 0 spiro atoms. The summed E-state index contributed by atoms with van der Waals surface area (Å²) in [5.41, 5.74) is 5.73. The minimum absolute atomic E-state index is 0.0310. The summed E-state index contributed by atoms with van der Waals surface area (Å²) in [7, 11) is 0. The minimum Gasteiger partial charge on any atom is -0.322 e. The highest BCUT2D eigenvalue weighted by Crippen LogP contribution is 2.21. The molecule has 1 saturated heterocycles. The first-order valence-corrected chi connectivity index (χ1v) is 10.7. The first-order chi connectivity index (χ1) is 13.9. The molecule has 1 heterocycles. The van der Waals surface area contributed by atoms with Crippen LogP contribution in [0.25, 0.3) is 6.08 Å². The normalized spacial score (nSPS) is 20.6. The van der Waals surface area contributed by atoms with Crippen LogP contribution in [0.15, 0.2) is 48.5 Å². The number of piperazine rings is 1. The molecule has 1 amide bonds. The highest BCUT2D eigenvalue weighted by atomic mass is 16.2. The van der Waals surface area contributed by atoms with E-state index in [1.54, 1.807) is 4.90 Å². The summed E-state index contributed by atoms with van der Waals surface area (Å²) < 4.78 is 0. The van der Waals surface area contributed by atoms with Crippen LogP contribution < -0.4 is 15.1 Å². The van der Waals surface area contributed by atoms with Crippen LogP contribution in [0, 0.1) is 20.8 Å². The summed E-state index contributed by atoms with van der Waals surface area (Å²) in [5, 5.41) is 3.19. The number of quaternary nitrogens is 2. The van der Waals surface area contributed by atoms with Crippen LogP contribution >= 0.6 is 0 Å². The molecule has 0 radical (unpaired) electrons. The highest BCUT2D eigenvalue weighted by Gasteiger charge is 2.31. The fourth-order valence-electron chi connectivity index (χ4n) is 4.28. The van der Waals surface area contributed by atoms with Crippen molar-refractivity contribution < 1.29 is 14.6 Å². The second kappa shape index (κ2) is 9.86. The zero-order chi connectivity index (χ0) is 20.8. The van der Waals surface area contributed by atoms with Gasteiger partial charge in [-0.25, -0.2) is 0 Å². The Morgan fingerprint density at radius 3 is 2.28 bits per heavy atom. The van der Waals surface area contributed by atoms with Gasteiger partial charge in [-0.15, -0.1) is 0 Å². The molecular weight excluding hydrogens is 358 g/mol. The number of rotatable bonds is 6. The minimum atomic E-state index is -0.0310. The molecule has 2 aromatic rings. The lowest BCUT2D eigenvalue weighted by atomic mass is 10.0. The van der Waals surface area contributed by atoms with Crippen molar-refractivity contribution in [2.75, 3.05) is 38.0 Å². The summed E-state index contributed by atoms with van der Waals surface area (Å²) in [6, 6.07) is 14.7. The number of hydrogen-bond acceptors (Lipinski definition) is 1. The fraction of sp³-hybridized carbons (Fsp3) is 0.400. The maximum Gasteiger partial charge on any atom is 0.282 e. The number of amides is 1. The standard InChI is InChI=1S/C25H33N3O/c1-19-17-20(2)24(21(3)18-19)26-25(29)22(4)28-15-13-27(14-16-28)12-8-11-23-9-6-5-7-10-23/h5-11,17-18,22H,12-16H2,1-4H3,(H,26,29)/p+2/b11-8+/t22-/m0/s1. The molecule has 2 aromatic carbocycles. The van der Waals surface area contributed by atoms with E-state index < -0.39 is 0 Å². The predicted octanol–water partition coefficient (Wildman–Crippen LogP) is 1.44. The topological polar surface area (TPSA) is 38.0 Å². The molecule has 0 aliphatic carbocycles. The van der Waals surface area contributed by atoms with Crippen LogP contribution in [0.4, 0.5) is 5.69 Å². The van der Waals surface area contributed by atoms with Crippen molar-refractivity contribution in [2.24, 2.45) is 0 Å². The van der Waals surface area contributed by atoms with E-state index in [0.717, 1.165) is 49.5 Å². The number of hydrogen-bond donors (Lipinski definition) is 3. The van der Waals surface area contributed by atoms with Crippen molar-refractivity contribution in [1.82, 2.24) is 0 Å². The molecule has 154 valence electrons. The first-order valence-electron chi connectivity index (χ1n) is 10.7. The third-order valence-electron chi connectivity index (χ3n) is 6.05. The van der Waals surface area contributed by atoms with Crippen molar-refractivity contribution in [3.05, 3.63) is 70.8 Å². The van der Waals surface area contributed by atoms with Gasteiger partial charge in [0.05, 0.1) is 6.54 Å². The van der Waals surface area contributed by atoms with Gasteiger partial charge in [-0.1, -0.05) is 54.1 Å². The molecule has 1 atom stereocenters. The van der Waals surface area contributed by atoms with Crippen LogP contribution in [0.5, 0.6) is 0 Å². The monoisotopic (exact) mass is 393 g/mol. The number of benzene rings is 2. The molecule has 0 unspecified atom stereocenters. The Labute approximate surface area is 175 Å².